The van der Waals surface area contributed by atoms with Crippen molar-refractivity contribution in [3.8, 4) is 0 Å². The average molecular weight is 328 g/mol. The van der Waals surface area contributed by atoms with E-state index in [4.69, 9.17) is 11.6 Å². The third-order valence-corrected chi connectivity index (χ3v) is 4.20. The molecular formula is C16H23ClFN3O. The first-order valence-electron chi connectivity index (χ1n) is 7.80. The van der Waals surface area contributed by atoms with Gasteiger partial charge in [0.1, 0.15) is 5.82 Å². The molecule has 1 heterocycles. The number of hydrogen-bond acceptors (Lipinski definition) is 3. The second-order valence-electron chi connectivity index (χ2n) is 5.62. The molecule has 1 amide bonds. The Morgan fingerprint density at radius 2 is 2.18 bits per heavy atom. The van der Waals surface area contributed by atoms with Crippen LogP contribution in [-0.2, 0) is 4.79 Å². The molecule has 2 N–H and O–H groups in total. The molecule has 1 fully saturated rings. The Balaban J connectivity index is 1.95. The Kier molecular flexibility index (Phi) is 6.61. The number of hydrogen-bond donors (Lipinski definition) is 2. The maximum atomic E-state index is 13.0. The van der Waals surface area contributed by atoms with Crippen molar-refractivity contribution in [2.45, 2.75) is 32.2 Å². The number of rotatable bonds is 6. The highest BCUT2D eigenvalue weighted by atomic mass is 35.5. The first kappa shape index (κ1) is 17.2. The Hall–Kier alpha value is -1.17. The predicted octanol–water partition coefficient (Wildman–Crippen LogP) is 2.88. The van der Waals surface area contributed by atoms with Gasteiger partial charge in [0.15, 0.2) is 0 Å². The van der Waals surface area contributed by atoms with E-state index < -0.39 is 5.82 Å². The molecule has 122 valence electrons. The smallest absolute Gasteiger partial charge is 0.238 e. The fourth-order valence-electron chi connectivity index (χ4n) is 2.81. The van der Waals surface area contributed by atoms with Crippen LogP contribution in [0.15, 0.2) is 18.2 Å². The zero-order chi connectivity index (χ0) is 15.9. The molecule has 6 heteroatoms. The van der Waals surface area contributed by atoms with Gasteiger partial charge in [-0.25, -0.2) is 4.39 Å². The van der Waals surface area contributed by atoms with Crippen molar-refractivity contribution in [3.63, 3.8) is 0 Å². The maximum Gasteiger partial charge on any atom is 0.238 e. The molecule has 0 aromatic heterocycles. The van der Waals surface area contributed by atoms with E-state index in [9.17, 15) is 9.18 Å². The van der Waals surface area contributed by atoms with Crippen molar-refractivity contribution in [3.05, 3.63) is 29.0 Å². The van der Waals surface area contributed by atoms with E-state index in [-0.39, 0.29) is 10.9 Å². The zero-order valence-corrected chi connectivity index (χ0v) is 13.6. The molecule has 0 bridgehead atoms. The van der Waals surface area contributed by atoms with Crippen LogP contribution in [0.2, 0.25) is 5.02 Å². The number of carbonyl (C=O) groups is 1. The Morgan fingerprint density at radius 1 is 1.45 bits per heavy atom. The SMILES string of the molecule is CCCN(CC(=O)Nc1ccc(F)cc1Cl)C1CCNCC1. The number of benzene rings is 1. The van der Waals surface area contributed by atoms with Gasteiger partial charge in [0.2, 0.25) is 5.91 Å². The van der Waals surface area contributed by atoms with E-state index in [1.54, 1.807) is 0 Å². The number of amides is 1. The second-order valence-corrected chi connectivity index (χ2v) is 6.03. The van der Waals surface area contributed by atoms with Crippen molar-refractivity contribution in [2.75, 3.05) is 31.5 Å². The van der Waals surface area contributed by atoms with Crippen LogP contribution in [0.1, 0.15) is 26.2 Å². The lowest BCUT2D eigenvalue weighted by Gasteiger charge is -2.34. The molecule has 1 aliphatic rings. The van der Waals surface area contributed by atoms with Crippen LogP contribution in [0.5, 0.6) is 0 Å². The molecule has 0 unspecified atom stereocenters. The first-order valence-corrected chi connectivity index (χ1v) is 8.17. The van der Waals surface area contributed by atoms with Crippen LogP contribution in [0.25, 0.3) is 0 Å². The summed E-state index contributed by atoms with van der Waals surface area (Å²) in [6, 6.07) is 4.42. The highest BCUT2D eigenvalue weighted by molar-refractivity contribution is 6.33. The third-order valence-electron chi connectivity index (χ3n) is 3.89. The second kappa shape index (κ2) is 8.46. The quantitative estimate of drug-likeness (QED) is 0.844. The summed E-state index contributed by atoms with van der Waals surface area (Å²) in [5.41, 5.74) is 0.454. The minimum atomic E-state index is -0.412. The van der Waals surface area contributed by atoms with Gasteiger partial charge < -0.3 is 10.6 Å². The predicted molar refractivity (Wildman–Crippen MR) is 87.8 cm³/mol. The van der Waals surface area contributed by atoms with Crippen molar-refractivity contribution in [1.82, 2.24) is 10.2 Å². The van der Waals surface area contributed by atoms with Crippen molar-refractivity contribution < 1.29 is 9.18 Å². The van der Waals surface area contributed by atoms with E-state index in [1.165, 1.54) is 18.2 Å². The summed E-state index contributed by atoms with van der Waals surface area (Å²) in [7, 11) is 0. The number of halogens is 2. The molecule has 1 aromatic rings. The number of piperidine rings is 1. The Bertz CT molecular complexity index is 506. The molecule has 0 spiro atoms. The van der Waals surface area contributed by atoms with Crippen molar-refractivity contribution in [2.24, 2.45) is 0 Å². The summed E-state index contributed by atoms with van der Waals surface area (Å²) in [4.78, 5) is 14.5. The van der Waals surface area contributed by atoms with E-state index in [1.807, 2.05) is 0 Å². The summed E-state index contributed by atoms with van der Waals surface area (Å²) in [5, 5.41) is 6.33. The number of anilines is 1. The van der Waals surface area contributed by atoms with Crippen LogP contribution in [0.3, 0.4) is 0 Å². The molecule has 0 radical (unpaired) electrons. The average Bonchev–Trinajstić information content (AvgIpc) is 2.50. The summed E-state index contributed by atoms with van der Waals surface area (Å²) < 4.78 is 13.0. The topological polar surface area (TPSA) is 44.4 Å². The summed E-state index contributed by atoms with van der Waals surface area (Å²) in [6.45, 7) is 5.34. The lowest BCUT2D eigenvalue weighted by Crippen LogP contribution is -2.46. The van der Waals surface area contributed by atoms with Gasteiger partial charge in [-0.05, 0) is 57.1 Å². The van der Waals surface area contributed by atoms with E-state index in [0.29, 0.717) is 18.3 Å². The summed E-state index contributed by atoms with van der Waals surface area (Å²) >= 11 is 5.94. The molecule has 4 nitrogen and oxygen atoms in total. The number of carbonyl (C=O) groups excluding carboxylic acids is 1. The third kappa shape index (κ3) is 4.93. The van der Waals surface area contributed by atoms with Crippen LogP contribution in [0, 0.1) is 5.82 Å². The molecule has 1 aromatic carbocycles. The fourth-order valence-corrected chi connectivity index (χ4v) is 3.03. The standard InChI is InChI=1S/C16H23ClFN3O/c1-2-9-21(13-5-7-19-8-6-13)11-16(22)20-15-4-3-12(18)10-14(15)17/h3-4,10,13,19H,2,5-9,11H2,1H3,(H,20,22). The largest absolute Gasteiger partial charge is 0.324 e. The van der Waals surface area contributed by atoms with Gasteiger partial charge in [-0.1, -0.05) is 18.5 Å². The molecule has 0 aliphatic carbocycles. The molecular weight excluding hydrogens is 305 g/mol. The van der Waals surface area contributed by atoms with Gasteiger partial charge in [0.25, 0.3) is 0 Å². The normalized spacial score (nSPS) is 16.0. The monoisotopic (exact) mass is 327 g/mol. The minimum Gasteiger partial charge on any atom is -0.324 e. The Labute approximate surface area is 136 Å². The molecule has 0 saturated carbocycles. The van der Waals surface area contributed by atoms with Crippen molar-refractivity contribution in [1.29, 1.82) is 0 Å². The van der Waals surface area contributed by atoms with Gasteiger partial charge in [0.05, 0.1) is 17.3 Å². The van der Waals surface area contributed by atoms with E-state index >= 15 is 0 Å². The highest BCUT2D eigenvalue weighted by Crippen LogP contribution is 2.22. The lowest BCUT2D eigenvalue weighted by atomic mass is 10.0. The minimum absolute atomic E-state index is 0.111. The number of nitrogens with zero attached hydrogens (tertiary/aromatic N) is 1. The van der Waals surface area contributed by atoms with Gasteiger partial charge >= 0.3 is 0 Å². The Morgan fingerprint density at radius 3 is 2.82 bits per heavy atom. The fraction of sp³-hybridized carbons (Fsp3) is 0.562. The molecule has 2 rings (SSSR count). The summed E-state index contributed by atoms with van der Waals surface area (Å²) in [6.07, 6.45) is 3.13. The molecule has 1 aliphatic heterocycles. The van der Waals surface area contributed by atoms with Crippen LogP contribution < -0.4 is 10.6 Å². The van der Waals surface area contributed by atoms with Gasteiger partial charge in [0, 0.05) is 6.04 Å². The van der Waals surface area contributed by atoms with Gasteiger partial charge in [-0.3, -0.25) is 9.69 Å². The highest BCUT2D eigenvalue weighted by Gasteiger charge is 2.22. The van der Waals surface area contributed by atoms with E-state index in [0.717, 1.165) is 38.9 Å². The first-order chi connectivity index (χ1) is 10.6. The molecule has 1 saturated heterocycles. The van der Waals surface area contributed by atoms with E-state index in [2.05, 4.69) is 22.5 Å². The van der Waals surface area contributed by atoms with Gasteiger partial charge in [-0.2, -0.15) is 0 Å². The molecule has 0 atom stereocenters. The summed E-state index contributed by atoms with van der Waals surface area (Å²) in [5.74, 6) is -0.522. The van der Waals surface area contributed by atoms with Crippen molar-refractivity contribution >= 4 is 23.2 Å². The zero-order valence-electron chi connectivity index (χ0n) is 12.9. The van der Waals surface area contributed by atoms with Crippen LogP contribution in [0.4, 0.5) is 10.1 Å². The maximum absolute atomic E-state index is 13.0. The van der Waals surface area contributed by atoms with Crippen LogP contribution in [-0.4, -0.2) is 43.0 Å². The van der Waals surface area contributed by atoms with Gasteiger partial charge in [-0.15, -0.1) is 0 Å². The lowest BCUT2D eigenvalue weighted by molar-refractivity contribution is -0.118. The molecule has 22 heavy (non-hydrogen) atoms. The number of nitrogens with one attached hydrogen (secondary N) is 2. The van der Waals surface area contributed by atoms with Crippen LogP contribution >= 0.6 is 11.6 Å².